The fourth-order valence-electron chi connectivity index (χ4n) is 1.95. The molecule has 0 saturated carbocycles. The van der Waals surface area contributed by atoms with E-state index in [-0.39, 0.29) is 24.2 Å². The van der Waals surface area contributed by atoms with Gasteiger partial charge in [-0.15, -0.1) is 12.4 Å². The molecule has 0 fully saturated rings. The highest BCUT2D eigenvalue weighted by Gasteiger charge is 2.24. The van der Waals surface area contributed by atoms with Gasteiger partial charge >= 0.3 is 0 Å². The molecule has 0 radical (unpaired) electrons. The highest BCUT2D eigenvalue weighted by atomic mass is 35.5. The van der Waals surface area contributed by atoms with Crippen LogP contribution in [0.15, 0.2) is 24.3 Å². The van der Waals surface area contributed by atoms with Gasteiger partial charge in [0.05, 0.1) is 0 Å². The number of nitrogens with two attached hydrogens (primary N) is 1. The minimum atomic E-state index is -0.629. The van der Waals surface area contributed by atoms with Gasteiger partial charge in [0, 0.05) is 12.1 Å². The molecule has 23 heavy (non-hydrogen) atoms. The topological polar surface area (TPSA) is 84.2 Å². The second-order valence-electron chi connectivity index (χ2n) is 5.49. The number of rotatable bonds is 8. The molecule has 1 atom stereocenters. The first-order valence-electron chi connectivity index (χ1n) is 7.50. The highest BCUT2D eigenvalue weighted by Crippen LogP contribution is 2.06. The fraction of sp³-hybridized carbons (Fsp3) is 0.500. The van der Waals surface area contributed by atoms with Crippen LogP contribution in [-0.4, -0.2) is 30.9 Å². The molecule has 0 aliphatic carbocycles. The fourth-order valence-corrected chi connectivity index (χ4v) is 1.95. The van der Waals surface area contributed by atoms with Gasteiger partial charge < -0.3 is 16.4 Å². The van der Waals surface area contributed by atoms with Crippen LogP contribution in [0, 0.1) is 11.7 Å². The Hall–Kier alpha value is -1.66. The number of halogens is 2. The second kappa shape index (κ2) is 11.0. The van der Waals surface area contributed by atoms with Gasteiger partial charge in [-0.2, -0.15) is 0 Å². The zero-order valence-corrected chi connectivity index (χ0v) is 14.3. The Bertz CT molecular complexity index is 495. The molecule has 5 nitrogen and oxygen atoms in total. The molecule has 1 aromatic carbocycles. The number of nitrogens with one attached hydrogen (secondary N) is 2. The Kier molecular flexibility index (Phi) is 10.2. The summed E-state index contributed by atoms with van der Waals surface area (Å²) in [5, 5.41) is 5.49. The van der Waals surface area contributed by atoms with Gasteiger partial charge in [0.2, 0.25) is 5.91 Å². The van der Waals surface area contributed by atoms with E-state index in [0.29, 0.717) is 18.7 Å². The Labute approximate surface area is 142 Å². The molecular formula is C16H25ClFN3O2. The van der Waals surface area contributed by atoms with Crippen molar-refractivity contribution in [1.82, 2.24) is 10.6 Å². The van der Waals surface area contributed by atoms with Gasteiger partial charge in [0.1, 0.15) is 11.9 Å². The van der Waals surface area contributed by atoms with Gasteiger partial charge in [-0.3, -0.25) is 9.59 Å². The summed E-state index contributed by atoms with van der Waals surface area (Å²) in [4.78, 5) is 24.3. The standard InChI is InChI=1S/C16H24FN3O2.ClH/c1-11(2)14(16(22)19-10-4-3-9-18)20-15(21)12-5-7-13(17)8-6-12;/h5-8,11,14H,3-4,9-10,18H2,1-2H3,(H,19,22)(H,20,21);1H. The lowest BCUT2D eigenvalue weighted by Crippen LogP contribution is -2.49. The monoisotopic (exact) mass is 345 g/mol. The van der Waals surface area contributed by atoms with Crippen molar-refractivity contribution in [2.45, 2.75) is 32.7 Å². The summed E-state index contributed by atoms with van der Waals surface area (Å²) in [6.07, 6.45) is 1.65. The van der Waals surface area contributed by atoms with Crippen LogP contribution in [0.4, 0.5) is 4.39 Å². The van der Waals surface area contributed by atoms with E-state index in [1.165, 1.54) is 24.3 Å². The summed E-state index contributed by atoms with van der Waals surface area (Å²) in [7, 11) is 0. The number of hydrogen-bond acceptors (Lipinski definition) is 3. The molecule has 2 amide bonds. The molecule has 1 aromatic rings. The maximum Gasteiger partial charge on any atom is 0.251 e. The van der Waals surface area contributed by atoms with Gasteiger partial charge in [-0.25, -0.2) is 4.39 Å². The van der Waals surface area contributed by atoms with Crippen LogP contribution in [0.2, 0.25) is 0 Å². The number of benzene rings is 1. The Morgan fingerprint density at radius 3 is 2.30 bits per heavy atom. The van der Waals surface area contributed by atoms with E-state index < -0.39 is 17.8 Å². The van der Waals surface area contributed by atoms with Crippen molar-refractivity contribution >= 4 is 24.2 Å². The number of carbonyl (C=O) groups is 2. The summed E-state index contributed by atoms with van der Waals surface area (Å²) in [6, 6.07) is 4.58. The van der Waals surface area contributed by atoms with E-state index >= 15 is 0 Å². The third kappa shape index (κ3) is 7.43. The summed E-state index contributed by atoms with van der Waals surface area (Å²) in [5.74, 6) is -1.08. The van der Waals surface area contributed by atoms with Crippen LogP contribution in [0.1, 0.15) is 37.0 Å². The average Bonchev–Trinajstić information content (AvgIpc) is 2.49. The summed E-state index contributed by atoms with van der Waals surface area (Å²) in [6.45, 7) is 4.83. The quantitative estimate of drug-likeness (QED) is 0.629. The van der Waals surface area contributed by atoms with Gasteiger partial charge in [-0.1, -0.05) is 13.8 Å². The van der Waals surface area contributed by atoms with Crippen molar-refractivity contribution in [3.8, 4) is 0 Å². The maximum atomic E-state index is 12.9. The minimum absolute atomic E-state index is 0. The summed E-state index contributed by atoms with van der Waals surface area (Å²) < 4.78 is 12.9. The smallest absolute Gasteiger partial charge is 0.251 e. The summed E-state index contributed by atoms with van der Waals surface area (Å²) in [5.41, 5.74) is 5.72. The largest absolute Gasteiger partial charge is 0.354 e. The third-order valence-electron chi connectivity index (χ3n) is 3.27. The van der Waals surface area contributed by atoms with Crippen LogP contribution in [0.3, 0.4) is 0 Å². The number of amides is 2. The van der Waals surface area contributed by atoms with Crippen LogP contribution < -0.4 is 16.4 Å². The SMILES string of the molecule is CC(C)C(NC(=O)c1ccc(F)cc1)C(=O)NCCCCN.Cl. The second-order valence-corrected chi connectivity index (χ2v) is 5.49. The molecule has 0 bridgehead atoms. The van der Waals surface area contributed by atoms with Gasteiger partial charge in [-0.05, 0) is 49.6 Å². The highest BCUT2D eigenvalue weighted by molar-refractivity contribution is 5.97. The molecular weight excluding hydrogens is 321 g/mol. The maximum absolute atomic E-state index is 12.9. The van der Waals surface area contributed by atoms with Crippen LogP contribution in [0.5, 0.6) is 0 Å². The molecule has 0 aliphatic heterocycles. The van der Waals surface area contributed by atoms with E-state index in [9.17, 15) is 14.0 Å². The van der Waals surface area contributed by atoms with Crippen molar-refractivity contribution in [3.05, 3.63) is 35.6 Å². The lowest BCUT2D eigenvalue weighted by atomic mass is 10.0. The first kappa shape index (κ1) is 21.3. The molecule has 7 heteroatoms. The molecule has 0 aliphatic rings. The first-order valence-corrected chi connectivity index (χ1v) is 7.50. The van der Waals surface area contributed by atoms with Gasteiger partial charge in [0.15, 0.2) is 0 Å². The Morgan fingerprint density at radius 2 is 1.78 bits per heavy atom. The lowest BCUT2D eigenvalue weighted by molar-refractivity contribution is -0.123. The van der Waals surface area contributed by atoms with Crippen LogP contribution in [-0.2, 0) is 4.79 Å². The molecule has 0 saturated heterocycles. The predicted molar refractivity (Wildman–Crippen MR) is 91.0 cm³/mol. The molecule has 130 valence electrons. The number of unbranched alkanes of at least 4 members (excludes halogenated alkanes) is 1. The normalized spacial score (nSPS) is 11.5. The third-order valence-corrected chi connectivity index (χ3v) is 3.27. The van der Waals surface area contributed by atoms with E-state index in [4.69, 9.17) is 5.73 Å². The van der Waals surface area contributed by atoms with Crippen molar-refractivity contribution < 1.29 is 14.0 Å². The van der Waals surface area contributed by atoms with E-state index in [2.05, 4.69) is 10.6 Å². The summed E-state index contributed by atoms with van der Waals surface area (Å²) >= 11 is 0. The predicted octanol–water partition coefficient (Wildman–Crippen LogP) is 1.86. The zero-order valence-electron chi connectivity index (χ0n) is 13.5. The van der Waals surface area contributed by atoms with Crippen molar-refractivity contribution in [1.29, 1.82) is 0 Å². The Balaban J connectivity index is 0.00000484. The molecule has 1 unspecified atom stereocenters. The van der Waals surface area contributed by atoms with Crippen LogP contribution >= 0.6 is 12.4 Å². The van der Waals surface area contributed by atoms with Gasteiger partial charge in [0.25, 0.3) is 5.91 Å². The molecule has 4 N–H and O–H groups in total. The minimum Gasteiger partial charge on any atom is -0.354 e. The van der Waals surface area contributed by atoms with E-state index in [1.807, 2.05) is 13.8 Å². The number of hydrogen-bond donors (Lipinski definition) is 3. The van der Waals surface area contributed by atoms with Crippen LogP contribution in [0.25, 0.3) is 0 Å². The Morgan fingerprint density at radius 1 is 1.17 bits per heavy atom. The lowest BCUT2D eigenvalue weighted by Gasteiger charge is -2.21. The first-order chi connectivity index (χ1) is 10.5. The zero-order chi connectivity index (χ0) is 16.5. The molecule has 0 spiro atoms. The van der Waals surface area contributed by atoms with Crippen molar-refractivity contribution in [2.24, 2.45) is 11.7 Å². The number of carbonyl (C=O) groups excluding carboxylic acids is 2. The average molecular weight is 346 g/mol. The van der Waals surface area contributed by atoms with Crippen molar-refractivity contribution in [2.75, 3.05) is 13.1 Å². The molecule has 0 aromatic heterocycles. The van der Waals surface area contributed by atoms with E-state index in [0.717, 1.165) is 12.8 Å². The van der Waals surface area contributed by atoms with Crippen molar-refractivity contribution in [3.63, 3.8) is 0 Å². The molecule has 0 heterocycles. The molecule has 1 rings (SSSR count). The van der Waals surface area contributed by atoms with E-state index in [1.54, 1.807) is 0 Å².